The van der Waals surface area contributed by atoms with Gasteiger partial charge in [0.15, 0.2) is 0 Å². The lowest BCUT2D eigenvalue weighted by atomic mass is 10.4. The average molecular weight is 155 g/mol. The maximum absolute atomic E-state index is 5.64. The minimum absolute atomic E-state index is 0.277. The van der Waals surface area contributed by atoms with Crippen LogP contribution in [-0.2, 0) is 0 Å². The fourth-order valence-electron chi connectivity index (χ4n) is 0.899. The van der Waals surface area contributed by atoms with Gasteiger partial charge in [-0.25, -0.2) is 4.68 Å². The highest BCUT2D eigenvalue weighted by molar-refractivity contribution is 5.34. The summed E-state index contributed by atoms with van der Waals surface area (Å²) in [7, 11) is 1.58. The molecule has 4 nitrogen and oxygen atoms in total. The summed E-state index contributed by atoms with van der Waals surface area (Å²) < 4.78 is 6.63. The predicted octanol–water partition coefficient (Wildman–Crippen LogP) is 1.05. The van der Waals surface area contributed by atoms with Crippen LogP contribution >= 0.6 is 0 Å². The second kappa shape index (κ2) is 2.82. The molecule has 0 spiro atoms. The number of hydrogen-bond donors (Lipinski definition) is 1. The first-order valence-electron chi connectivity index (χ1n) is 3.54. The standard InChI is InChI=1S/C7H13N3O/c1-5(2)10-6(8)4-7(9-10)11-3/h4-5H,8H2,1-3H3. The molecular weight excluding hydrogens is 142 g/mol. The van der Waals surface area contributed by atoms with E-state index in [0.717, 1.165) is 0 Å². The first-order chi connectivity index (χ1) is 5.15. The minimum Gasteiger partial charge on any atom is -0.480 e. The van der Waals surface area contributed by atoms with Gasteiger partial charge in [-0.1, -0.05) is 0 Å². The van der Waals surface area contributed by atoms with E-state index in [9.17, 15) is 0 Å². The van der Waals surface area contributed by atoms with Crippen molar-refractivity contribution in [1.82, 2.24) is 9.78 Å². The van der Waals surface area contributed by atoms with Crippen molar-refractivity contribution < 1.29 is 4.74 Å². The highest BCUT2D eigenvalue weighted by atomic mass is 16.5. The zero-order valence-corrected chi connectivity index (χ0v) is 7.03. The van der Waals surface area contributed by atoms with Crippen LogP contribution in [0.25, 0.3) is 0 Å². The summed E-state index contributed by atoms with van der Waals surface area (Å²) in [4.78, 5) is 0. The molecule has 1 rings (SSSR count). The van der Waals surface area contributed by atoms with Gasteiger partial charge in [-0.2, -0.15) is 0 Å². The van der Waals surface area contributed by atoms with Crippen molar-refractivity contribution in [2.45, 2.75) is 19.9 Å². The maximum atomic E-state index is 5.64. The van der Waals surface area contributed by atoms with Crippen LogP contribution < -0.4 is 10.5 Å². The number of ether oxygens (including phenoxy) is 1. The summed E-state index contributed by atoms with van der Waals surface area (Å²) in [6.45, 7) is 4.03. The molecule has 11 heavy (non-hydrogen) atoms. The van der Waals surface area contributed by atoms with Gasteiger partial charge in [-0.15, -0.1) is 5.10 Å². The number of nitrogen functional groups attached to an aromatic ring is 1. The number of anilines is 1. The molecule has 0 aromatic carbocycles. The Labute approximate surface area is 66.0 Å². The number of hydrogen-bond acceptors (Lipinski definition) is 3. The minimum atomic E-state index is 0.277. The molecule has 0 amide bonds. The Morgan fingerprint density at radius 2 is 2.27 bits per heavy atom. The second-order valence-electron chi connectivity index (χ2n) is 2.65. The Hall–Kier alpha value is -1.19. The third-order valence-corrected chi connectivity index (χ3v) is 1.44. The normalized spacial score (nSPS) is 10.5. The van der Waals surface area contributed by atoms with Crippen molar-refractivity contribution in [1.29, 1.82) is 0 Å². The zero-order valence-electron chi connectivity index (χ0n) is 7.03. The summed E-state index contributed by atoms with van der Waals surface area (Å²) in [6.07, 6.45) is 0. The van der Waals surface area contributed by atoms with Gasteiger partial charge < -0.3 is 10.5 Å². The summed E-state index contributed by atoms with van der Waals surface area (Å²) in [5.41, 5.74) is 5.64. The molecule has 0 unspecified atom stereocenters. The van der Waals surface area contributed by atoms with Crippen LogP contribution in [0, 0.1) is 0 Å². The van der Waals surface area contributed by atoms with Gasteiger partial charge >= 0.3 is 0 Å². The van der Waals surface area contributed by atoms with E-state index in [-0.39, 0.29) is 6.04 Å². The van der Waals surface area contributed by atoms with Gasteiger partial charge in [-0.3, -0.25) is 0 Å². The summed E-state index contributed by atoms with van der Waals surface area (Å²) in [6, 6.07) is 1.99. The molecule has 0 bridgehead atoms. The van der Waals surface area contributed by atoms with Gasteiger partial charge in [0.2, 0.25) is 5.88 Å². The van der Waals surface area contributed by atoms with Crippen molar-refractivity contribution in [3.05, 3.63) is 6.07 Å². The van der Waals surface area contributed by atoms with E-state index in [1.54, 1.807) is 17.9 Å². The largest absolute Gasteiger partial charge is 0.480 e. The number of rotatable bonds is 2. The molecule has 0 saturated carbocycles. The lowest BCUT2D eigenvalue weighted by Gasteiger charge is -2.05. The Morgan fingerprint density at radius 1 is 1.64 bits per heavy atom. The smallest absolute Gasteiger partial charge is 0.234 e. The molecular formula is C7H13N3O. The van der Waals surface area contributed by atoms with E-state index in [0.29, 0.717) is 11.7 Å². The highest BCUT2D eigenvalue weighted by Crippen LogP contribution is 2.17. The molecule has 0 aliphatic carbocycles. The van der Waals surface area contributed by atoms with Crippen LogP contribution in [0.4, 0.5) is 5.82 Å². The molecule has 0 atom stereocenters. The Bertz CT molecular complexity index is 242. The van der Waals surface area contributed by atoms with Crippen LogP contribution in [0.15, 0.2) is 6.07 Å². The molecule has 2 N–H and O–H groups in total. The molecule has 62 valence electrons. The molecule has 0 radical (unpaired) electrons. The topological polar surface area (TPSA) is 53.1 Å². The van der Waals surface area contributed by atoms with Crippen LogP contribution in [0.3, 0.4) is 0 Å². The van der Waals surface area contributed by atoms with Crippen LogP contribution in [0.1, 0.15) is 19.9 Å². The van der Waals surface area contributed by atoms with Crippen molar-refractivity contribution in [2.24, 2.45) is 0 Å². The lowest BCUT2D eigenvalue weighted by Crippen LogP contribution is -2.06. The number of aromatic nitrogens is 2. The molecule has 1 aromatic heterocycles. The highest BCUT2D eigenvalue weighted by Gasteiger charge is 2.06. The predicted molar refractivity (Wildman–Crippen MR) is 43.6 cm³/mol. The van der Waals surface area contributed by atoms with Crippen molar-refractivity contribution in [2.75, 3.05) is 12.8 Å². The summed E-state index contributed by atoms with van der Waals surface area (Å²) in [5, 5.41) is 4.10. The zero-order chi connectivity index (χ0) is 8.43. The van der Waals surface area contributed by atoms with Crippen LogP contribution in [0.5, 0.6) is 5.88 Å². The monoisotopic (exact) mass is 155 g/mol. The fourth-order valence-corrected chi connectivity index (χ4v) is 0.899. The number of nitrogens with zero attached hydrogens (tertiary/aromatic N) is 2. The van der Waals surface area contributed by atoms with E-state index in [1.165, 1.54) is 0 Å². The number of nitrogens with two attached hydrogens (primary N) is 1. The van der Waals surface area contributed by atoms with Gasteiger partial charge in [-0.05, 0) is 13.8 Å². The van der Waals surface area contributed by atoms with Gasteiger partial charge in [0, 0.05) is 12.1 Å². The molecule has 0 aliphatic heterocycles. The summed E-state index contributed by atoms with van der Waals surface area (Å²) in [5.74, 6) is 1.20. The fraction of sp³-hybridized carbons (Fsp3) is 0.571. The van der Waals surface area contributed by atoms with E-state index in [2.05, 4.69) is 5.10 Å². The second-order valence-corrected chi connectivity index (χ2v) is 2.65. The van der Waals surface area contributed by atoms with E-state index in [4.69, 9.17) is 10.5 Å². The molecule has 0 saturated heterocycles. The van der Waals surface area contributed by atoms with Gasteiger partial charge in [0.05, 0.1) is 7.11 Å². The molecule has 1 heterocycles. The quantitative estimate of drug-likeness (QED) is 0.694. The SMILES string of the molecule is COc1cc(N)n(C(C)C)n1. The Kier molecular flexibility index (Phi) is 2.03. The molecule has 1 aromatic rings. The summed E-state index contributed by atoms with van der Waals surface area (Å²) >= 11 is 0. The van der Waals surface area contributed by atoms with E-state index in [1.807, 2.05) is 13.8 Å². The maximum Gasteiger partial charge on any atom is 0.234 e. The number of methoxy groups -OCH3 is 1. The lowest BCUT2D eigenvalue weighted by molar-refractivity contribution is 0.383. The van der Waals surface area contributed by atoms with Gasteiger partial charge in [0.25, 0.3) is 0 Å². The van der Waals surface area contributed by atoms with Crippen molar-refractivity contribution in [3.63, 3.8) is 0 Å². The van der Waals surface area contributed by atoms with E-state index >= 15 is 0 Å². The van der Waals surface area contributed by atoms with Gasteiger partial charge in [0.1, 0.15) is 5.82 Å². The van der Waals surface area contributed by atoms with Crippen LogP contribution in [-0.4, -0.2) is 16.9 Å². The van der Waals surface area contributed by atoms with Crippen molar-refractivity contribution >= 4 is 5.82 Å². The Balaban J connectivity index is 2.97. The Morgan fingerprint density at radius 3 is 2.55 bits per heavy atom. The average Bonchev–Trinajstić information content (AvgIpc) is 2.30. The van der Waals surface area contributed by atoms with Crippen LogP contribution in [0.2, 0.25) is 0 Å². The molecule has 0 aliphatic rings. The van der Waals surface area contributed by atoms with E-state index < -0.39 is 0 Å². The molecule has 0 fully saturated rings. The first kappa shape index (κ1) is 7.91. The third kappa shape index (κ3) is 1.45. The third-order valence-electron chi connectivity index (χ3n) is 1.44. The van der Waals surface area contributed by atoms with Crippen molar-refractivity contribution in [3.8, 4) is 5.88 Å². The first-order valence-corrected chi connectivity index (χ1v) is 3.54. The molecule has 4 heteroatoms.